The first-order valence-corrected chi connectivity index (χ1v) is 12.1. The lowest BCUT2D eigenvalue weighted by atomic mass is 9.59. The minimum absolute atomic E-state index is 0. The predicted molar refractivity (Wildman–Crippen MR) is 118 cm³/mol. The second-order valence-electron chi connectivity index (χ2n) is 8.67. The Labute approximate surface area is 192 Å². The maximum atomic E-state index is 12.2. The lowest BCUT2D eigenvalue weighted by molar-refractivity contribution is -0.946. The number of quaternary nitrogens is 1. The van der Waals surface area contributed by atoms with Crippen molar-refractivity contribution in [3.05, 3.63) is 80.7 Å². The first kappa shape index (κ1) is 21.3. The Hall–Kier alpha value is -0.980. The van der Waals surface area contributed by atoms with Crippen LogP contribution in [-0.4, -0.2) is 35.8 Å². The summed E-state index contributed by atoms with van der Waals surface area (Å²) in [7, 11) is 0. The van der Waals surface area contributed by atoms with Crippen LogP contribution >= 0.6 is 22.7 Å². The van der Waals surface area contributed by atoms with Crippen LogP contribution < -0.4 is 17.0 Å². The number of halogens is 1. The molecule has 3 aliphatic heterocycles. The third kappa shape index (κ3) is 3.55. The molecule has 0 radical (unpaired) electrons. The molecule has 3 saturated heterocycles. The Morgan fingerprint density at radius 1 is 0.828 bits per heavy atom. The van der Waals surface area contributed by atoms with Crippen LogP contribution in [-0.2, 0) is 12.0 Å². The van der Waals surface area contributed by atoms with Crippen molar-refractivity contribution in [2.45, 2.75) is 31.3 Å². The summed E-state index contributed by atoms with van der Waals surface area (Å²) in [6.07, 6.45) is 4.52. The number of piperidine rings is 3. The van der Waals surface area contributed by atoms with Gasteiger partial charge >= 0.3 is 0 Å². The third-order valence-electron chi connectivity index (χ3n) is 7.43. The van der Waals surface area contributed by atoms with Crippen LogP contribution in [0.3, 0.4) is 0 Å². The molecule has 6 rings (SSSR count). The van der Waals surface area contributed by atoms with Crippen molar-refractivity contribution in [1.82, 2.24) is 0 Å². The highest BCUT2D eigenvalue weighted by Crippen LogP contribution is 2.58. The van der Waals surface area contributed by atoms with Crippen LogP contribution in [0.1, 0.15) is 34.6 Å². The first-order chi connectivity index (χ1) is 13.7. The smallest absolute Gasteiger partial charge is 0.139 e. The van der Waals surface area contributed by atoms with Crippen LogP contribution in [0.4, 0.5) is 0 Å². The molecule has 3 aromatic rings. The molecule has 0 amide bonds. The molecule has 29 heavy (non-hydrogen) atoms. The van der Waals surface area contributed by atoms with E-state index in [-0.39, 0.29) is 22.4 Å². The Bertz CT molecular complexity index is 849. The van der Waals surface area contributed by atoms with E-state index in [2.05, 4.69) is 65.4 Å². The number of fused-ring (bicyclic) bond motifs is 3. The molecule has 5 heteroatoms. The number of rotatable bonds is 6. The van der Waals surface area contributed by atoms with E-state index in [1.165, 1.54) is 36.2 Å². The summed E-state index contributed by atoms with van der Waals surface area (Å²) in [4.78, 5) is 2.25. The molecule has 2 nitrogen and oxygen atoms in total. The maximum absolute atomic E-state index is 12.2. The summed E-state index contributed by atoms with van der Waals surface area (Å²) in [5, 5.41) is 16.5. The fourth-order valence-corrected chi connectivity index (χ4v) is 7.55. The second-order valence-corrected chi connectivity index (χ2v) is 10.6. The predicted octanol–water partition coefficient (Wildman–Crippen LogP) is 2.29. The molecule has 3 fully saturated rings. The maximum Gasteiger partial charge on any atom is 0.139 e. The van der Waals surface area contributed by atoms with Gasteiger partial charge in [-0.1, -0.05) is 42.5 Å². The van der Waals surface area contributed by atoms with Crippen LogP contribution in [0.15, 0.2) is 65.4 Å². The SMILES string of the molecule is OC(c1cccs1)(c1cccs1)C12CC[N+](CCc3ccccc3)(CC1)CC2.[Br-]. The molecular weight excluding hydrogens is 462 g/mol. The van der Waals surface area contributed by atoms with E-state index in [4.69, 9.17) is 0 Å². The molecule has 0 spiro atoms. The highest BCUT2D eigenvalue weighted by atomic mass is 79.9. The van der Waals surface area contributed by atoms with Gasteiger partial charge in [0.2, 0.25) is 0 Å². The van der Waals surface area contributed by atoms with E-state index < -0.39 is 5.60 Å². The van der Waals surface area contributed by atoms with Crippen molar-refractivity contribution in [2.24, 2.45) is 5.41 Å². The molecule has 0 atom stereocenters. The molecule has 0 saturated carbocycles. The Balaban J connectivity index is 0.00000205. The first-order valence-electron chi connectivity index (χ1n) is 10.4. The average molecular weight is 491 g/mol. The topological polar surface area (TPSA) is 20.2 Å². The third-order valence-corrected chi connectivity index (χ3v) is 9.39. The molecule has 3 aliphatic rings. The molecule has 1 N–H and O–H groups in total. The lowest BCUT2D eigenvalue weighted by Gasteiger charge is -2.59. The lowest BCUT2D eigenvalue weighted by Crippen LogP contribution is -3.00. The van der Waals surface area contributed by atoms with Crippen molar-refractivity contribution >= 4 is 22.7 Å². The van der Waals surface area contributed by atoms with Gasteiger partial charge in [0, 0.05) is 40.9 Å². The minimum atomic E-state index is -0.828. The minimum Gasteiger partial charge on any atom is -1.00 e. The average Bonchev–Trinajstić information content (AvgIpc) is 3.48. The number of hydrogen-bond donors (Lipinski definition) is 1. The van der Waals surface area contributed by atoms with Crippen molar-refractivity contribution in [2.75, 3.05) is 26.2 Å². The molecule has 1 aromatic carbocycles. The highest BCUT2D eigenvalue weighted by molar-refractivity contribution is 7.11. The van der Waals surface area contributed by atoms with Gasteiger partial charge in [-0.05, 0) is 28.5 Å². The second kappa shape index (κ2) is 8.27. The van der Waals surface area contributed by atoms with Crippen molar-refractivity contribution < 1.29 is 26.6 Å². The summed E-state index contributed by atoms with van der Waals surface area (Å²) in [5.74, 6) is 0. The Kier molecular flexibility index (Phi) is 6.07. The van der Waals surface area contributed by atoms with Crippen molar-refractivity contribution in [3.8, 4) is 0 Å². The van der Waals surface area contributed by atoms with Crippen LogP contribution in [0.2, 0.25) is 0 Å². The van der Waals surface area contributed by atoms with Crippen molar-refractivity contribution in [3.63, 3.8) is 0 Å². The van der Waals surface area contributed by atoms with E-state index >= 15 is 0 Å². The Morgan fingerprint density at radius 2 is 1.38 bits per heavy atom. The van der Waals surface area contributed by atoms with Crippen molar-refractivity contribution in [1.29, 1.82) is 0 Å². The van der Waals surface area contributed by atoms with Gasteiger partial charge < -0.3 is 26.6 Å². The molecule has 0 unspecified atom stereocenters. The standard InChI is InChI=1S/C24H28NOS2.BrH/c26-24(21-8-4-18-27-21,22-9-5-19-28-22)23-11-15-25(16-12-23,17-13-23)14-10-20-6-2-1-3-7-20;/h1-9,18-19,26H,10-17H2;1H/q+1;/p-1. The number of aliphatic hydroxyl groups is 1. The number of hydrogen-bond acceptors (Lipinski definition) is 3. The zero-order valence-corrected chi connectivity index (χ0v) is 19.8. The summed E-state index contributed by atoms with van der Waals surface area (Å²) in [5.41, 5.74) is 0.604. The van der Waals surface area contributed by atoms with E-state index in [9.17, 15) is 5.11 Å². The van der Waals surface area contributed by atoms with Gasteiger partial charge in [0.15, 0.2) is 0 Å². The molecular formula is C24H28BrNOS2. The van der Waals surface area contributed by atoms with Gasteiger partial charge in [-0.3, -0.25) is 0 Å². The molecule has 5 heterocycles. The van der Waals surface area contributed by atoms with Crippen LogP contribution in [0, 0.1) is 5.41 Å². The number of thiophene rings is 2. The number of benzene rings is 1. The van der Waals surface area contributed by atoms with Gasteiger partial charge in [-0.15, -0.1) is 22.7 Å². The fraction of sp³-hybridized carbons (Fsp3) is 0.417. The van der Waals surface area contributed by atoms with Crippen LogP contribution in [0.25, 0.3) is 0 Å². The van der Waals surface area contributed by atoms with Gasteiger partial charge in [0.05, 0.1) is 26.2 Å². The fourth-order valence-electron chi connectivity index (χ4n) is 5.57. The number of nitrogens with zero attached hydrogens (tertiary/aromatic N) is 1. The van der Waals surface area contributed by atoms with E-state index in [1.54, 1.807) is 22.7 Å². The summed E-state index contributed by atoms with van der Waals surface area (Å²) >= 11 is 3.42. The highest BCUT2D eigenvalue weighted by Gasteiger charge is 2.60. The van der Waals surface area contributed by atoms with Gasteiger partial charge in [0.25, 0.3) is 0 Å². The normalized spacial score (nSPS) is 26.2. The molecule has 2 bridgehead atoms. The molecule has 154 valence electrons. The monoisotopic (exact) mass is 489 g/mol. The zero-order valence-electron chi connectivity index (χ0n) is 16.6. The molecule has 0 aliphatic carbocycles. The van der Waals surface area contributed by atoms with E-state index in [1.807, 2.05) is 0 Å². The Morgan fingerprint density at radius 3 is 1.86 bits per heavy atom. The summed E-state index contributed by atoms with van der Waals surface area (Å²) in [6, 6.07) is 19.3. The van der Waals surface area contributed by atoms with Gasteiger partial charge in [0.1, 0.15) is 5.60 Å². The van der Waals surface area contributed by atoms with Gasteiger partial charge in [-0.25, -0.2) is 0 Å². The van der Waals surface area contributed by atoms with Crippen LogP contribution in [0.5, 0.6) is 0 Å². The quantitative estimate of drug-likeness (QED) is 0.526. The van der Waals surface area contributed by atoms with Gasteiger partial charge in [-0.2, -0.15) is 0 Å². The molecule has 2 aromatic heterocycles. The largest absolute Gasteiger partial charge is 1.00 e. The van der Waals surface area contributed by atoms with E-state index in [0.29, 0.717) is 0 Å². The summed E-state index contributed by atoms with van der Waals surface area (Å²) in [6.45, 7) is 4.83. The zero-order chi connectivity index (χ0) is 19.1. The summed E-state index contributed by atoms with van der Waals surface area (Å²) < 4.78 is 1.24. The van der Waals surface area contributed by atoms with E-state index in [0.717, 1.165) is 35.4 Å².